The number of hydrogen-bond acceptors (Lipinski definition) is 2. The fourth-order valence-corrected chi connectivity index (χ4v) is 13.3. The molecule has 0 aromatic carbocycles. The van der Waals surface area contributed by atoms with E-state index in [9.17, 15) is 0 Å². The molecule has 2 nitrogen and oxygen atoms in total. The summed E-state index contributed by atoms with van der Waals surface area (Å²) >= 11 is 0. The average Bonchev–Trinajstić information content (AvgIpc) is 2.65. The Kier molecular flexibility index (Phi) is 9.20. The van der Waals surface area contributed by atoms with Gasteiger partial charge in [0.25, 0.3) is 0 Å². The molecule has 2 saturated heterocycles. The zero-order valence-corrected chi connectivity index (χ0v) is 19.9. The minimum atomic E-state index is -0.987. The molecule has 3 atom stereocenters. The highest BCUT2D eigenvalue weighted by molar-refractivity contribution is 6.67. The van der Waals surface area contributed by atoms with Crippen LogP contribution in [0.25, 0.3) is 0 Å². The highest BCUT2D eigenvalue weighted by Gasteiger charge is 2.58. The van der Waals surface area contributed by atoms with Gasteiger partial charge in [-0.3, -0.25) is 0 Å². The lowest BCUT2D eigenvalue weighted by molar-refractivity contribution is -0.164. The van der Waals surface area contributed by atoms with Crippen LogP contribution in [0.1, 0.15) is 84.0 Å². The highest BCUT2D eigenvalue weighted by atomic mass is 28.3. The van der Waals surface area contributed by atoms with Crippen molar-refractivity contribution in [2.75, 3.05) is 13.2 Å². The summed E-state index contributed by atoms with van der Waals surface area (Å²) in [6.45, 7) is 11.9. The third-order valence-electron chi connectivity index (χ3n) is 7.04. The van der Waals surface area contributed by atoms with Gasteiger partial charge in [-0.05, 0) is 38.5 Å². The third kappa shape index (κ3) is 5.00. The topological polar surface area (TPSA) is 18.5 Å². The molecule has 0 N–H and O–H groups in total. The molecule has 2 fully saturated rings. The fraction of sp³-hybridized carbons (Fsp3) is 1.00. The molecule has 0 aliphatic carbocycles. The van der Waals surface area contributed by atoms with Crippen LogP contribution in [0.5, 0.6) is 0 Å². The van der Waals surface area contributed by atoms with Gasteiger partial charge in [0.05, 0.1) is 28.0 Å². The zero-order valence-electron chi connectivity index (χ0n) is 17.6. The third-order valence-corrected chi connectivity index (χ3v) is 14.0. The number of hydrogen-bond donors (Lipinski definition) is 0. The molecule has 0 bridgehead atoms. The van der Waals surface area contributed by atoms with Crippen molar-refractivity contribution in [3.8, 4) is 0 Å². The Balaban J connectivity index is 2.05. The van der Waals surface area contributed by atoms with Crippen LogP contribution in [0.2, 0.25) is 25.7 Å². The van der Waals surface area contributed by atoms with Gasteiger partial charge in [0.2, 0.25) is 0 Å². The molecule has 2 aliphatic heterocycles. The first-order valence-electron chi connectivity index (χ1n) is 11.4. The van der Waals surface area contributed by atoms with E-state index >= 15 is 0 Å². The summed E-state index contributed by atoms with van der Waals surface area (Å²) in [5.41, 5.74) is 0. The number of ether oxygens (including phenoxy) is 2. The molecule has 25 heavy (non-hydrogen) atoms. The van der Waals surface area contributed by atoms with Crippen molar-refractivity contribution in [3.05, 3.63) is 0 Å². The van der Waals surface area contributed by atoms with Crippen molar-refractivity contribution in [3.63, 3.8) is 0 Å². The molecule has 148 valence electrons. The van der Waals surface area contributed by atoms with Crippen molar-refractivity contribution in [1.29, 1.82) is 0 Å². The van der Waals surface area contributed by atoms with Crippen molar-refractivity contribution < 1.29 is 9.47 Å². The van der Waals surface area contributed by atoms with E-state index in [2.05, 4.69) is 26.6 Å². The van der Waals surface area contributed by atoms with E-state index in [1.165, 1.54) is 83.1 Å². The molecule has 0 amide bonds. The minimum Gasteiger partial charge on any atom is -0.376 e. The van der Waals surface area contributed by atoms with Gasteiger partial charge in [-0.15, -0.1) is 0 Å². The number of unbranched alkanes of at least 4 members (excludes halogenated alkanes) is 5. The van der Waals surface area contributed by atoms with Crippen LogP contribution in [0.3, 0.4) is 0 Å². The molecule has 0 aromatic heterocycles. The molecule has 0 aromatic rings. The Morgan fingerprint density at radius 1 is 0.720 bits per heavy atom. The molecule has 2 aliphatic rings. The van der Waals surface area contributed by atoms with Crippen LogP contribution in [0, 0.1) is 0 Å². The Hall–Kier alpha value is 0.354. The minimum absolute atomic E-state index is 0.138. The van der Waals surface area contributed by atoms with Gasteiger partial charge in [-0.2, -0.15) is 0 Å². The molecule has 0 saturated carbocycles. The predicted octanol–water partition coefficient (Wildman–Crippen LogP) is 5.65. The van der Waals surface area contributed by atoms with E-state index in [1.807, 2.05) is 0 Å². The second-order valence-electron chi connectivity index (χ2n) is 9.00. The van der Waals surface area contributed by atoms with Gasteiger partial charge in [0.1, 0.15) is 0 Å². The summed E-state index contributed by atoms with van der Waals surface area (Å²) in [6, 6.07) is 1.46. The van der Waals surface area contributed by atoms with Crippen molar-refractivity contribution in [2.24, 2.45) is 0 Å². The standard InChI is InChI=1S/C21H44O2Si2/c1-5-6-7-8-9-14-19-25(4)21(16-11-13-18-23-21)20(24(2)3)15-10-12-17-22-20/h24-25H,5-19H2,1-4H3. The molecule has 0 spiro atoms. The summed E-state index contributed by atoms with van der Waals surface area (Å²) in [6.07, 6.45) is 16.3. The molecular formula is C21H44O2Si2. The van der Waals surface area contributed by atoms with E-state index in [0.717, 1.165) is 13.2 Å². The van der Waals surface area contributed by atoms with Gasteiger partial charge in [-0.25, -0.2) is 0 Å². The predicted molar refractivity (Wildman–Crippen MR) is 115 cm³/mol. The van der Waals surface area contributed by atoms with Crippen LogP contribution in [0.4, 0.5) is 0 Å². The summed E-state index contributed by atoms with van der Waals surface area (Å²) in [4.78, 5) is 0. The monoisotopic (exact) mass is 384 g/mol. The van der Waals surface area contributed by atoms with Gasteiger partial charge in [-0.1, -0.05) is 71.1 Å². The van der Waals surface area contributed by atoms with Gasteiger partial charge in [0.15, 0.2) is 0 Å². The lowest BCUT2D eigenvalue weighted by Gasteiger charge is -2.58. The van der Waals surface area contributed by atoms with Crippen molar-refractivity contribution >= 4 is 17.6 Å². The molecule has 2 rings (SSSR count). The first-order chi connectivity index (χ1) is 12.1. The summed E-state index contributed by atoms with van der Waals surface area (Å²) in [5.74, 6) is 0. The Morgan fingerprint density at radius 2 is 1.28 bits per heavy atom. The normalized spacial score (nSPS) is 32.0. The van der Waals surface area contributed by atoms with E-state index in [0.29, 0.717) is 0 Å². The SMILES string of the molecule is CCCCCCCC[SiH](C)C1(C2([SiH](C)C)CCCCO2)CCCCO1. The van der Waals surface area contributed by atoms with E-state index in [-0.39, 0.29) is 10.4 Å². The lowest BCUT2D eigenvalue weighted by Crippen LogP contribution is -2.71. The molecular weight excluding hydrogens is 340 g/mol. The Bertz CT molecular complexity index is 361. The summed E-state index contributed by atoms with van der Waals surface area (Å²) in [5, 5.41) is 0.287. The summed E-state index contributed by atoms with van der Waals surface area (Å²) in [7, 11) is -1.94. The fourth-order valence-electron chi connectivity index (χ4n) is 5.51. The van der Waals surface area contributed by atoms with Crippen LogP contribution in [0.15, 0.2) is 0 Å². The van der Waals surface area contributed by atoms with E-state index in [4.69, 9.17) is 9.47 Å². The molecule has 4 heteroatoms. The van der Waals surface area contributed by atoms with E-state index in [1.54, 1.807) is 0 Å². The van der Waals surface area contributed by atoms with Crippen LogP contribution in [-0.4, -0.2) is 41.3 Å². The van der Waals surface area contributed by atoms with E-state index < -0.39 is 17.6 Å². The maximum absolute atomic E-state index is 6.80. The van der Waals surface area contributed by atoms with Gasteiger partial charge in [0, 0.05) is 13.2 Å². The Morgan fingerprint density at radius 3 is 1.80 bits per heavy atom. The molecule has 3 unspecified atom stereocenters. The van der Waals surface area contributed by atoms with Crippen molar-refractivity contribution in [1.82, 2.24) is 0 Å². The van der Waals surface area contributed by atoms with Crippen molar-refractivity contribution in [2.45, 2.75) is 120 Å². The largest absolute Gasteiger partial charge is 0.376 e. The highest BCUT2D eigenvalue weighted by Crippen LogP contribution is 2.47. The maximum atomic E-state index is 6.80. The quantitative estimate of drug-likeness (QED) is 0.358. The molecule has 0 radical (unpaired) electrons. The summed E-state index contributed by atoms with van der Waals surface area (Å²) < 4.78 is 13.5. The first-order valence-corrected chi connectivity index (χ1v) is 16.8. The maximum Gasteiger partial charge on any atom is 0.0800 e. The second kappa shape index (κ2) is 10.6. The smallest absolute Gasteiger partial charge is 0.0800 e. The number of rotatable bonds is 10. The van der Waals surface area contributed by atoms with Crippen LogP contribution >= 0.6 is 0 Å². The molecule has 2 heterocycles. The van der Waals surface area contributed by atoms with Gasteiger partial charge >= 0.3 is 0 Å². The van der Waals surface area contributed by atoms with Crippen LogP contribution < -0.4 is 0 Å². The zero-order chi connectivity index (χ0) is 18.2. The average molecular weight is 385 g/mol. The second-order valence-corrected chi connectivity index (χ2v) is 15.6. The lowest BCUT2D eigenvalue weighted by atomic mass is 9.96. The first kappa shape index (κ1) is 21.7. The Labute approximate surface area is 160 Å². The van der Waals surface area contributed by atoms with Gasteiger partial charge < -0.3 is 9.47 Å². The van der Waals surface area contributed by atoms with Crippen LogP contribution in [-0.2, 0) is 9.47 Å².